The molecule has 0 radical (unpaired) electrons. The van der Waals surface area contributed by atoms with Gasteiger partial charge in [-0.15, -0.1) is 11.3 Å². The predicted molar refractivity (Wildman–Crippen MR) is 65.6 cm³/mol. The van der Waals surface area contributed by atoms with Crippen molar-refractivity contribution in [3.8, 4) is 0 Å². The van der Waals surface area contributed by atoms with Gasteiger partial charge in [-0.1, -0.05) is 6.07 Å². The normalized spacial score (nSPS) is 9.94. The van der Waals surface area contributed by atoms with Gasteiger partial charge in [0, 0.05) is 17.3 Å². The van der Waals surface area contributed by atoms with Crippen LogP contribution >= 0.6 is 11.3 Å². The molecule has 0 spiro atoms. The Labute approximate surface area is 102 Å². The summed E-state index contributed by atoms with van der Waals surface area (Å²) in [5.41, 5.74) is 0.441. The number of anilines is 2. The average molecular weight is 251 g/mol. The molecule has 0 unspecified atom stereocenters. The fraction of sp³-hybridized carbons (Fsp3) is 0.0909. The molecule has 2 rings (SSSR count). The topological polar surface area (TPSA) is 54.0 Å². The molecule has 0 aliphatic carbocycles. The third-order valence-electron chi connectivity index (χ3n) is 1.94. The lowest BCUT2D eigenvalue weighted by atomic mass is 10.3. The molecule has 6 heteroatoms. The Balaban J connectivity index is 1.85. The van der Waals surface area contributed by atoms with Crippen LogP contribution in [-0.2, 0) is 4.79 Å². The minimum absolute atomic E-state index is 0.101. The van der Waals surface area contributed by atoms with Crippen LogP contribution in [0.2, 0.25) is 0 Å². The van der Waals surface area contributed by atoms with Gasteiger partial charge in [-0.3, -0.25) is 4.79 Å². The van der Waals surface area contributed by atoms with E-state index in [0.29, 0.717) is 10.8 Å². The zero-order chi connectivity index (χ0) is 12.1. The Morgan fingerprint density at radius 3 is 3.06 bits per heavy atom. The van der Waals surface area contributed by atoms with Gasteiger partial charge in [0.15, 0.2) is 5.13 Å². The number of carbonyl (C=O) groups excluding carboxylic acids is 1. The summed E-state index contributed by atoms with van der Waals surface area (Å²) < 4.78 is 12.9. The van der Waals surface area contributed by atoms with Crippen LogP contribution in [0.4, 0.5) is 15.2 Å². The molecule has 0 atom stereocenters. The van der Waals surface area contributed by atoms with Crippen molar-refractivity contribution in [1.29, 1.82) is 0 Å². The van der Waals surface area contributed by atoms with Gasteiger partial charge in [-0.2, -0.15) is 0 Å². The summed E-state index contributed by atoms with van der Waals surface area (Å²) in [6.07, 6.45) is 1.65. The Morgan fingerprint density at radius 1 is 1.47 bits per heavy atom. The van der Waals surface area contributed by atoms with Crippen molar-refractivity contribution in [2.24, 2.45) is 0 Å². The van der Waals surface area contributed by atoms with Gasteiger partial charge in [0.25, 0.3) is 0 Å². The molecular weight excluding hydrogens is 241 g/mol. The van der Waals surface area contributed by atoms with Crippen molar-refractivity contribution in [3.05, 3.63) is 41.7 Å². The highest BCUT2D eigenvalue weighted by atomic mass is 32.1. The zero-order valence-corrected chi connectivity index (χ0v) is 9.63. The van der Waals surface area contributed by atoms with Gasteiger partial charge in [-0.05, 0) is 18.2 Å². The molecule has 0 fully saturated rings. The molecule has 2 aromatic rings. The summed E-state index contributed by atoms with van der Waals surface area (Å²) in [4.78, 5) is 15.5. The van der Waals surface area contributed by atoms with E-state index in [2.05, 4.69) is 15.6 Å². The monoisotopic (exact) mass is 251 g/mol. The molecule has 1 heterocycles. The van der Waals surface area contributed by atoms with E-state index in [0.717, 1.165) is 0 Å². The number of carbonyl (C=O) groups is 1. The summed E-state index contributed by atoms with van der Waals surface area (Å²) in [7, 11) is 0. The number of halogens is 1. The van der Waals surface area contributed by atoms with Gasteiger partial charge < -0.3 is 10.6 Å². The van der Waals surface area contributed by atoms with E-state index in [1.807, 2.05) is 5.38 Å². The minimum atomic E-state index is -0.379. The van der Waals surface area contributed by atoms with E-state index in [1.165, 1.54) is 23.5 Å². The van der Waals surface area contributed by atoms with Gasteiger partial charge in [0.05, 0.1) is 6.54 Å². The van der Waals surface area contributed by atoms with E-state index >= 15 is 0 Å². The number of aromatic nitrogens is 1. The Morgan fingerprint density at radius 2 is 2.35 bits per heavy atom. The van der Waals surface area contributed by atoms with Crippen molar-refractivity contribution in [1.82, 2.24) is 4.98 Å². The van der Waals surface area contributed by atoms with Crippen molar-refractivity contribution in [2.45, 2.75) is 0 Å². The average Bonchev–Trinajstić information content (AvgIpc) is 2.79. The summed E-state index contributed by atoms with van der Waals surface area (Å²) in [6, 6.07) is 5.76. The fourth-order valence-corrected chi connectivity index (χ4v) is 1.77. The number of nitrogens with one attached hydrogen (secondary N) is 2. The van der Waals surface area contributed by atoms with Crippen molar-refractivity contribution in [3.63, 3.8) is 0 Å². The van der Waals surface area contributed by atoms with Crippen LogP contribution in [0.1, 0.15) is 0 Å². The molecule has 17 heavy (non-hydrogen) atoms. The SMILES string of the molecule is O=C(CNc1nccs1)Nc1cccc(F)c1. The maximum atomic E-state index is 12.9. The number of nitrogens with zero attached hydrogens (tertiary/aromatic N) is 1. The molecule has 2 N–H and O–H groups in total. The van der Waals surface area contributed by atoms with Crippen molar-refractivity contribution in [2.75, 3.05) is 17.2 Å². The third-order valence-corrected chi connectivity index (χ3v) is 2.67. The van der Waals surface area contributed by atoms with Gasteiger partial charge in [-0.25, -0.2) is 9.37 Å². The van der Waals surface area contributed by atoms with E-state index in [9.17, 15) is 9.18 Å². The smallest absolute Gasteiger partial charge is 0.243 e. The third kappa shape index (κ3) is 3.53. The molecule has 0 saturated heterocycles. The number of rotatable bonds is 4. The Kier molecular flexibility index (Phi) is 3.66. The van der Waals surface area contributed by atoms with E-state index in [4.69, 9.17) is 0 Å². The van der Waals surface area contributed by atoms with Crippen LogP contribution < -0.4 is 10.6 Å². The predicted octanol–water partition coefficient (Wildman–Crippen LogP) is 2.33. The number of hydrogen-bond donors (Lipinski definition) is 2. The molecule has 1 aromatic heterocycles. The first-order chi connectivity index (χ1) is 8.24. The molecule has 0 saturated carbocycles. The van der Waals surface area contributed by atoms with Crippen molar-refractivity contribution < 1.29 is 9.18 Å². The summed E-state index contributed by atoms with van der Waals surface area (Å²) in [6.45, 7) is 0.101. The van der Waals surface area contributed by atoms with Crippen LogP contribution in [0.3, 0.4) is 0 Å². The van der Waals surface area contributed by atoms with Crippen LogP contribution in [0, 0.1) is 5.82 Å². The summed E-state index contributed by atoms with van der Waals surface area (Å²) in [5, 5.41) is 7.93. The first-order valence-corrected chi connectivity index (χ1v) is 5.81. The lowest BCUT2D eigenvalue weighted by molar-refractivity contribution is -0.114. The molecule has 0 aliphatic heterocycles. The quantitative estimate of drug-likeness (QED) is 0.877. The second-order valence-corrected chi connectivity index (χ2v) is 4.14. The van der Waals surface area contributed by atoms with Crippen molar-refractivity contribution >= 4 is 28.1 Å². The number of benzene rings is 1. The standard InChI is InChI=1S/C11H10FN3OS/c12-8-2-1-3-9(6-8)15-10(16)7-14-11-13-4-5-17-11/h1-6H,7H2,(H,13,14)(H,15,16). The highest BCUT2D eigenvalue weighted by Gasteiger charge is 2.03. The number of hydrogen-bond acceptors (Lipinski definition) is 4. The van der Waals surface area contributed by atoms with Crippen LogP contribution in [-0.4, -0.2) is 17.4 Å². The first-order valence-electron chi connectivity index (χ1n) is 4.93. The van der Waals surface area contributed by atoms with Crippen LogP contribution in [0.5, 0.6) is 0 Å². The second kappa shape index (κ2) is 5.40. The molecule has 1 aromatic carbocycles. The van der Waals surface area contributed by atoms with Gasteiger partial charge >= 0.3 is 0 Å². The van der Waals surface area contributed by atoms with Gasteiger partial charge in [0.2, 0.25) is 5.91 Å². The van der Waals surface area contributed by atoms with Crippen LogP contribution in [0.15, 0.2) is 35.8 Å². The highest BCUT2D eigenvalue weighted by Crippen LogP contribution is 2.11. The first kappa shape index (κ1) is 11.5. The van der Waals surface area contributed by atoms with E-state index < -0.39 is 0 Å². The molecule has 1 amide bonds. The minimum Gasteiger partial charge on any atom is -0.352 e. The zero-order valence-electron chi connectivity index (χ0n) is 8.81. The fourth-order valence-electron chi connectivity index (χ4n) is 1.24. The lowest BCUT2D eigenvalue weighted by Gasteiger charge is -2.05. The van der Waals surface area contributed by atoms with E-state index in [1.54, 1.807) is 18.3 Å². The summed E-state index contributed by atoms with van der Waals surface area (Å²) in [5.74, 6) is -0.624. The van der Waals surface area contributed by atoms with Gasteiger partial charge in [0.1, 0.15) is 5.82 Å². The molecular formula is C11H10FN3OS. The highest BCUT2D eigenvalue weighted by molar-refractivity contribution is 7.13. The second-order valence-electron chi connectivity index (χ2n) is 3.25. The Hall–Kier alpha value is -1.95. The molecule has 4 nitrogen and oxygen atoms in total. The lowest BCUT2D eigenvalue weighted by Crippen LogP contribution is -2.21. The maximum absolute atomic E-state index is 12.9. The van der Waals surface area contributed by atoms with E-state index in [-0.39, 0.29) is 18.3 Å². The number of thiazole rings is 1. The molecule has 0 aliphatic rings. The Bertz CT molecular complexity index is 501. The largest absolute Gasteiger partial charge is 0.352 e. The summed E-state index contributed by atoms with van der Waals surface area (Å²) >= 11 is 1.41. The molecule has 0 bridgehead atoms. The molecule has 88 valence electrons. The van der Waals surface area contributed by atoms with Crippen LogP contribution in [0.25, 0.3) is 0 Å². The maximum Gasteiger partial charge on any atom is 0.243 e. The number of amides is 1.